The van der Waals surface area contributed by atoms with Crippen molar-refractivity contribution < 1.29 is 28.6 Å². The van der Waals surface area contributed by atoms with Crippen molar-refractivity contribution in [2.45, 2.75) is 0 Å². The Balaban J connectivity index is 1.24. The Morgan fingerprint density at radius 2 is 1.72 bits per heavy atom. The molecule has 0 fully saturated rings. The van der Waals surface area contributed by atoms with Crippen molar-refractivity contribution >= 4 is 41.4 Å². The van der Waals surface area contributed by atoms with Gasteiger partial charge in [0, 0.05) is 10.4 Å². The standard InChI is InChI=1S/C29H21N3O6S/c33-27(20-7-2-1-3-8-20)31-24(16-23-10-5-13-39-23)28(34)32-30-17-19-6-4-9-22(14-19)38-29(35)21-11-12-25-26(15-21)37-18-36-25/h1-17H,18H2,(H,31,33)(H,32,34). The van der Waals surface area contributed by atoms with Gasteiger partial charge in [0.25, 0.3) is 11.8 Å². The monoisotopic (exact) mass is 539 g/mol. The van der Waals surface area contributed by atoms with Crippen molar-refractivity contribution in [3.8, 4) is 17.2 Å². The number of carbonyl (C=O) groups is 3. The van der Waals surface area contributed by atoms with Crippen LogP contribution in [-0.4, -0.2) is 30.8 Å². The molecule has 0 radical (unpaired) electrons. The van der Waals surface area contributed by atoms with Gasteiger partial charge in [0.15, 0.2) is 11.5 Å². The first-order chi connectivity index (χ1) is 19.0. The smallest absolute Gasteiger partial charge is 0.343 e. The number of carbonyl (C=O) groups excluding carboxylic acids is 3. The highest BCUT2D eigenvalue weighted by Crippen LogP contribution is 2.32. The first-order valence-electron chi connectivity index (χ1n) is 11.7. The van der Waals surface area contributed by atoms with Gasteiger partial charge >= 0.3 is 5.97 Å². The molecule has 0 atom stereocenters. The molecule has 10 heteroatoms. The number of hydrogen-bond acceptors (Lipinski definition) is 8. The van der Waals surface area contributed by atoms with Gasteiger partial charge in [-0.3, -0.25) is 9.59 Å². The summed E-state index contributed by atoms with van der Waals surface area (Å²) in [5.41, 5.74) is 3.77. The second kappa shape index (κ2) is 11.9. The van der Waals surface area contributed by atoms with Gasteiger partial charge in [-0.1, -0.05) is 36.4 Å². The molecule has 0 saturated carbocycles. The van der Waals surface area contributed by atoms with E-state index in [1.165, 1.54) is 17.6 Å². The zero-order valence-electron chi connectivity index (χ0n) is 20.3. The number of hydrazone groups is 1. The Labute approximate surface area is 227 Å². The quantitative estimate of drug-likeness (QED) is 0.111. The third kappa shape index (κ3) is 6.56. The first-order valence-corrected chi connectivity index (χ1v) is 12.6. The second-order valence-electron chi connectivity index (χ2n) is 8.12. The number of ether oxygens (including phenoxy) is 3. The van der Waals surface area contributed by atoms with E-state index in [2.05, 4.69) is 15.8 Å². The molecular weight excluding hydrogens is 518 g/mol. The van der Waals surface area contributed by atoms with E-state index in [1.807, 2.05) is 17.5 Å². The molecule has 194 valence electrons. The molecule has 1 aliphatic heterocycles. The molecule has 4 aromatic rings. The van der Waals surface area contributed by atoms with Gasteiger partial charge in [0.2, 0.25) is 6.79 Å². The molecule has 9 nitrogen and oxygen atoms in total. The lowest BCUT2D eigenvalue weighted by Gasteiger charge is -2.09. The number of rotatable bonds is 8. The van der Waals surface area contributed by atoms with E-state index < -0.39 is 17.8 Å². The number of thiophene rings is 1. The number of esters is 1. The predicted octanol–water partition coefficient (Wildman–Crippen LogP) is 4.62. The van der Waals surface area contributed by atoms with Crippen LogP contribution in [0.2, 0.25) is 0 Å². The molecule has 0 saturated heterocycles. The molecule has 39 heavy (non-hydrogen) atoms. The van der Waals surface area contributed by atoms with Crippen LogP contribution in [0.15, 0.2) is 101 Å². The molecule has 0 unspecified atom stereocenters. The summed E-state index contributed by atoms with van der Waals surface area (Å²) in [6, 6.07) is 23.7. The van der Waals surface area contributed by atoms with E-state index >= 15 is 0 Å². The van der Waals surface area contributed by atoms with Gasteiger partial charge in [-0.25, -0.2) is 10.2 Å². The minimum Gasteiger partial charge on any atom is -0.454 e. The Morgan fingerprint density at radius 1 is 0.872 bits per heavy atom. The van der Waals surface area contributed by atoms with Crippen LogP contribution in [0.3, 0.4) is 0 Å². The van der Waals surface area contributed by atoms with Crippen molar-refractivity contribution in [1.29, 1.82) is 0 Å². The van der Waals surface area contributed by atoms with Crippen molar-refractivity contribution in [1.82, 2.24) is 10.7 Å². The van der Waals surface area contributed by atoms with Crippen LogP contribution in [0.4, 0.5) is 0 Å². The van der Waals surface area contributed by atoms with Crippen LogP contribution in [-0.2, 0) is 4.79 Å². The van der Waals surface area contributed by atoms with Gasteiger partial charge in [0.05, 0.1) is 11.8 Å². The van der Waals surface area contributed by atoms with Gasteiger partial charge in [-0.2, -0.15) is 5.10 Å². The number of benzene rings is 3. The average molecular weight is 540 g/mol. The summed E-state index contributed by atoms with van der Waals surface area (Å²) < 4.78 is 16.0. The fourth-order valence-electron chi connectivity index (χ4n) is 3.53. The van der Waals surface area contributed by atoms with Crippen LogP contribution in [0.5, 0.6) is 17.2 Å². The Hall–Kier alpha value is -5.22. The Kier molecular flexibility index (Phi) is 7.75. The number of hydrogen-bond donors (Lipinski definition) is 2. The van der Waals surface area contributed by atoms with Crippen molar-refractivity contribution in [2.24, 2.45) is 5.10 Å². The molecule has 5 rings (SSSR count). The molecule has 2 amide bonds. The number of nitrogens with zero attached hydrogens (tertiary/aromatic N) is 1. The van der Waals surface area contributed by atoms with E-state index in [-0.39, 0.29) is 12.5 Å². The number of amides is 2. The van der Waals surface area contributed by atoms with Crippen LogP contribution in [0.25, 0.3) is 6.08 Å². The fraction of sp³-hybridized carbons (Fsp3) is 0.0345. The maximum Gasteiger partial charge on any atom is 0.343 e. The van der Waals surface area contributed by atoms with Gasteiger partial charge in [-0.15, -0.1) is 11.3 Å². The molecule has 2 heterocycles. The molecule has 2 N–H and O–H groups in total. The van der Waals surface area contributed by atoms with E-state index in [0.29, 0.717) is 33.9 Å². The molecular formula is C29H21N3O6S. The zero-order chi connectivity index (χ0) is 27.0. The lowest BCUT2D eigenvalue weighted by molar-refractivity contribution is -0.117. The van der Waals surface area contributed by atoms with Crippen molar-refractivity contribution in [3.05, 3.63) is 118 Å². The molecule has 1 aliphatic rings. The Morgan fingerprint density at radius 3 is 2.54 bits per heavy atom. The predicted molar refractivity (Wildman–Crippen MR) is 146 cm³/mol. The maximum absolute atomic E-state index is 12.9. The van der Waals surface area contributed by atoms with Crippen LogP contribution in [0, 0.1) is 0 Å². The maximum atomic E-state index is 12.9. The second-order valence-corrected chi connectivity index (χ2v) is 9.10. The summed E-state index contributed by atoms with van der Waals surface area (Å²) >= 11 is 1.42. The van der Waals surface area contributed by atoms with Crippen LogP contribution >= 0.6 is 11.3 Å². The SMILES string of the molecule is O=C(NN=Cc1cccc(OC(=O)c2ccc3c(c2)OCO3)c1)C(=Cc1cccs1)NC(=O)c1ccccc1. The summed E-state index contributed by atoms with van der Waals surface area (Å²) in [4.78, 5) is 38.9. The highest BCUT2D eigenvalue weighted by Gasteiger charge is 2.18. The van der Waals surface area contributed by atoms with Crippen LogP contribution in [0.1, 0.15) is 31.2 Å². The molecule has 0 bridgehead atoms. The summed E-state index contributed by atoms with van der Waals surface area (Å²) in [6.07, 6.45) is 2.98. The van der Waals surface area contributed by atoms with E-state index in [0.717, 1.165) is 4.88 Å². The third-order valence-corrected chi connectivity index (χ3v) is 6.23. The van der Waals surface area contributed by atoms with Gasteiger partial charge < -0.3 is 19.5 Å². The van der Waals surface area contributed by atoms with Gasteiger partial charge in [0.1, 0.15) is 11.4 Å². The summed E-state index contributed by atoms with van der Waals surface area (Å²) in [6.45, 7) is 0.108. The highest BCUT2D eigenvalue weighted by molar-refractivity contribution is 7.10. The van der Waals surface area contributed by atoms with Crippen molar-refractivity contribution in [3.63, 3.8) is 0 Å². The lowest BCUT2D eigenvalue weighted by atomic mass is 10.2. The van der Waals surface area contributed by atoms with E-state index in [9.17, 15) is 14.4 Å². The normalized spacial score (nSPS) is 12.3. The third-order valence-electron chi connectivity index (χ3n) is 5.42. The molecule has 3 aromatic carbocycles. The molecule has 1 aromatic heterocycles. The number of fused-ring (bicyclic) bond motifs is 1. The lowest BCUT2D eigenvalue weighted by Crippen LogP contribution is -2.32. The van der Waals surface area contributed by atoms with Gasteiger partial charge in [-0.05, 0) is 65.6 Å². The summed E-state index contributed by atoms with van der Waals surface area (Å²) in [5, 5.41) is 8.52. The van der Waals surface area contributed by atoms with E-state index in [1.54, 1.807) is 78.9 Å². The average Bonchev–Trinajstić information content (AvgIpc) is 3.65. The molecule has 0 aliphatic carbocycles. The minimum absolute atomic E-state index is 0.0369. The largest absolute Gasteiger partial charge is 0.454 e. The summed E-state index contributed by atoms with van der Waals surface area (Å²) in [7, 11) is 0. The first kappa shape index (κ1) is 25.4. The summed E-state index contributed by atoms with van der Waals surface area (Å²) in [5.74, 6) is -0.244. The van der Waals surface area contributed by atoms with E-state index in [4.69, 9.17) is 14.2 Å². The minimum atomic E-state index is -0.602. The number of nitrogens with one attached hydrogen (secondary N) is 2. The topological polar surface area (TPSA) is 115 Å². The van der Waals surface area contributed by atoms with Crippen LogP contribution < -0.4 is 25.0 Å². The highest BCUT2D eigenvalue weighted by atomic mass is 32.1. The fourth-order valence-corrected chi connectivity index (χ4v) is 4.19. The molecule has 0 spiro atoms. The zero-order valence-corrected chi connectivity index (χ0v) is 21.1. The Bertz CT molecular complexity index is 1570. The van der Waals surface area contributed by atoms with Crippen molar-refractivity contribution in [2.75, 3.05) is 6.79 Å².